The highest BCUT2D eigenvalue weighted by Crippen LogP contribution is 2.28. The maximum absolute atomic E-state index is 11.0. The summed E-state index contributed by atoms with van der Waals surface area (Å²) in [7, 11) is 0. The number of oxazole rings is 1. The van der Waals surface area contributed by atoms with Gasteiger partial charge in [-0.3, -0.25) is 4.79 Å². The van der Waals surface area contributed by atoms with Crippen LogP contribution in [0.2, 0.25) is 5.02 Å². The monoisotopic (exact) mass is 342 g/mol. The molecule has 0 radical (unpaired) electrons. The van der Waals surface area contributed by atoms with Crippen molar-refractivity contribution < 1.29 is 13.9 Å². The lowest BCUT2D eigenvalue weighted by molar-refractivity contribution is -0.117. The Hall–Kier alpha value is -2.79. The van der Waals surface area contributed by atoms with Crippen LogP contribution < -0.4 is 10.5 Å². The van der Waals surface area contributed by atoms with Gasteiger partial charge in [0.05, 0.1) is 17.6 Å². The van der Waals surface area contributed by atoms with E-state index in [4.69, 9.17) is 26.5 Å². The van der Waals surface area contributed by atoms with Crippen molar-refractivity contribution in [2.24, 2.45) is 5.73 Å². The lowest BCUT2D eigenvalue weighted by atomic mass is 10.1. The van der Waals surface area contributed by atoms with Gasteiger partial charge < -0.3 is 14.9 Å². The molecule has 1 heterocycles. The Morgan fingerprint density at radius 1 is 1.21 bits per heavy atom. The topological polar surface area (TPSA) is 78.4 Å². The Morgan fingerprint density at radius 3 is 2.83 bits per heavy atom. The number of benzene rings is 2. The molecule has 0 aliphatic rings. The summed E-state index contributed by atoms with van der Waals surface area (Å²) in [5, 5.41) is 0.597. The standard InChI is InChI=1S/C18H15ClN2O3/c19-15-7-2-1-6-14(15)16-10-21-18(24-16)11-23-13-5-3-4-12(8-13)9-17(20)22/h1-8,10H,9,11H2,(H2,20,22). The Labute approximate surface area is 144 Å². The third-order valence-electron chi connectivity index (χ3n) is 3.33. The molecule has 3 rings (SSSR count). The Balaban J connectivity index is 1.68. The molecule has 0 aliphatic carbocycles. The van der Waals surface area contributed by atoms with Crippen molar-refractivity contribution in [3.8, 4) is 17.1 Å². The van der Waals surface area contributed by atoms with Gasteiger partial charge in [0.25, 0.3) is 0 Å². The summed E-state index contributed by atoms with van der Waals surface area (Å²) in [6.07, 6.45) is 1.79. The predicted octanol–water partition coefficient (Wildman–Crippen LogP) is 3.60. The number of amides is 1. The van der Waals surface area contributed by atoms with E-state index in [0.29, 0.717) is 22.4 Å². The number of aromatic nitrogens is 1. The number of nitrogens with zero attached hydrogens (tertiary/aromatic N) is 1. The van der Waals surface area contributed by atoms with Gasteiger partial charge in [-0.15, -0.1) is 0 Å². The molecule has 0 atom stereocenters. The van der Waals surface area contributed by atoms with E-state index in [1.807, 2.05) is 24.3 Å². The van der Waals surface area contributed by atoms with Crippen molar-refractivity contribution in [1.29, 1.82) is 0 Å². The van der Waals surface area contributed by atoms with Crippen LogP contribution in [0.1, 0.15) is 11.5 Å². The first-order valence-electron chi connectivity index (χ1n) is 7.31. The molecule has 0 saturated carbocycles. The fourth-order valence-corrected chi connectivity index (χ4v) is 2.48. The molecule has 24 heavy (non-hydrogen) atoms. The van der Waals surface area contributed by atoms with Crippen LogP contribution in [0.15, 0.2) is 59.1 Å². The smallest absolute Gasteiger partial charge is 0.232 e. The second kappa shape index (κ2) is 7.19. The maximum Gasteiger partial charge on any atom is 0.232 e. The van der Waals surface area contributed by atoms with Gasteiger partial charge in [0.2, 0.25) is 11.8 Å². The minimum absolute atomic E-state index is 0.171. The highest BCUT2D eigenvalue weighted by atomic mass is 35.5. The SMILES string of the molecule is NC(=O)Cc1cccc(OCc2ncc(-c3ccccc3Cl)o2)c1. The van der Waals surface area contributed by atoms with E-state index >= 15 is 0 Å². The minimum atomic E-state index is -0.385. The molecule has 5 nitrogen and oxygen atoms in total. The zero-order valence-corrected chi connectivity index (χ0v) is 13.5. The van der Waals surface area contributed by atoms with E-state index in [1.165, 1.54) is 0 Å². The molecular weight excluding hydrogens is 328 g/mol. The van der Waals surface area contributed by atoms with Crippen LogP contribution in [-0.4, -0.2) is 10.9 Å². The number of ether oxygens (including phenoxy) is 1. The number of carbonyl (C=O) groups is 1. The molecular formula is C18H15ClN2O3. The first-order valence-corrected chi connectivity index (χ1v) is 7.69. The summed E-state index contributed by atoms with van der Waals surface area (Å²) < 4.78 is 11.3. The fourth-order valence-electron chi connectivity index (χ4n) is 2.25. The van der Waals surface area contributed by atoms with Crippen molar-refractivity contribution >= 4 is 17.5 Å². The van der Waals surface area contributed by atoms with Crippen molar-refractivity contribution in [2.45, 2.75) is 13.0 Å². The molecule has 0 fully saturated rings. The molecule has 6 heteroatoms. The zero-order valence-electron chi connectivity index (χ0n) is 12.7. The van der Waals surface area contributed by atoms with Crippen molar-refractivity contribution in [3.63, 3.8) is 0 Å². The van der Waals surface area contributed by atoms with Crippen LogP contribution in [-0.2, 0) is 17.8 Å². The first kappa shape index (κ1) is 16.1. The highest BCUT2D eigenvalue weighted by Gasteiger charge is 2.10. The van der Waals surface area contributed by atoms with Crippen LogP contribution >= 0.6 is 11.6 Å². The molecule has 1 aromatic heterocycles. The number of primary amides is 1. The van der Waals surface area contributed by atoms with Crippen LogP contribution in [0, 0.1) is 0 Å². The third kappa shape index (κ3) is 3.94. The zero-order chi connectivity index (χ0) is 16.9. The van der Waals surface area contributed by atoms with E-state index in [0.717, 1.165) is 11.1 Å². The average molecular weight is 343 g/mol. The molecule has 122 valence electrons. The van der Waals surface area contributed by atoms with Crippen molar-refractivity contribution in [1.82, 2.24) is 4.98 Å². The second-order valence-electron chi connectivity index (χ2n) is 5.18. The van der Waals surface area contributed by atoms with E-state index in [2.05, 4.69) is 4.98 Å². The Morgan fingerprint density at radius 2 is 2.04 bits per heavy atom. The van der Waals surface area contributed by atoms with Gasteiger partial charge in [-0.05, 0) is 29.8 Å². The summed E-state index contributed by atoms with van der Waals surface area (Å²) >= 11 is 6.14. The number of hydrogen-bond donors (Lipinski definition) is 1. The predicted molar refractivity (Wildman–Crippen MR) is 90.6 cm³/mol. The van der Waals surface area contributed by atoms with Crippen LogP contribution in [0.3, 0.4) is 0 Å². The normalized spacial score (nSPS) is 10.5. The summed E-state index contributed by atoms with van der Waals surface area (Å²) in [6.45, 7) is 0.171. The van der Waals surface area contributed by atoms with Crippen LogP contribution in [0.5, 0.6) is 5.75 Å². The van der Waals surface area contributed by atoms with E-state index in [-0.39, 0.29) is 18.9 Å². The molecule has 0 bridgehead atoms. The molecule has 3 aromatic rings. The number of nitrogens with two attached hydrogens (primary N) is 1. The van der Waals surface area contributed by atoms with E-state index < -0.39 is 0 Å². The van der Waals surface area contributed by atoms with Gasteiger partial charge in [-0.25, -0.2) is 4.98 Å². The molecule has 0 spiro atoms. The van der Waals surface area contributed by atoms with E-state index in [9.17, 15) is 4.79 Å². The van der Waals surface area contributed by atoms with Gasteiger partial charge in [-0.2, -0.15) is 0 Å². The Kier molecular flexibility index (Phi) is 4.82. The Bertz CT molecular complexity index is 861. The van der Waals surface area contributed by atoms with Crippen LogP contribution in [0.4, 0.5) is 0 Å². The minimum Gasteiger partial charge on any atom is -0.484 e. The summed E-state index contributed by atoms with van der Waals surface area (Å²) in [6, 6.07) is 14.6. The quantitative estimate of drug-likeness (QED) is 0.742. The molecule has 1 amide bonds. The largest absolute Gasteiger partial charge is 0.484 e. The first-order chi connectivity index (χ1) is 11.6. The fraction of sp³-hybridized carbons (Fsp3) is 0.111. The van der Waals surface area contributed by atoms with E-state index in [1.54, 1.807) is 30.5 Å². The molecule has 0 saturated heterocycles. The van der Waals surface area contributed by atoms with Gasteiger partial charge in [0.1, 0.15) is 5.75 Å². The number of halogens is 1. The van der Waals surface area contributed by atoms with Gasteiger partial charge >= 0.3 is 0 Å². The summed E-state index contributed by atoms with van der Waals surface area (Å²) in [4.78, 5) is 15.2. The van der Waals surface area contributed by atoms with Crippen molar-refractivity contribution in [3.05, 3.63) is 71.2 Å². The van der Waals surface area contributed by atoms with Gasteiger partial charge in [-0.1, -0.05) is 35.9 Å². The lowest BCUT2D eigenvalue weighted by Gasteiger charge is -2.05. The molecule has 0 unspecified atom stereocenters. The molecule has 0 aliphatic heterocycles. The van der Waals surface area contributed by atoms with Gasteiger partial charge in [0.15, 0.2) is 12.4 Å². The van der Waals surface area contributed by atoms with Crippen molar-refractivity contribution in [2.75, 3.05) is 0 Å². The number of rotatable bonds is 6. The molecule has 2 N–H and O–H groups in total. The number of carbonyl (C=O) groups excluding carboxylic acids is 1. The van der Waals surface area contributed by atoms with Crippen LogP contribution in [0.25, 0.3) is 11.3 Å². The highest BCUT2D eigenvalue weighted by molar-refractivity contribution is 6.33. The second-order valence-corrected chi connectivity index (χ2v) is 5.58. The number of hydrogen-bond acceptors (Lipinski definition) is 4. The summed E-state index contributed by atoms with van der Waals surface area (Å²) in [5.41, 5.74) is 6.77. The average Bonchev–Trinajstić information content (AvgIpc) is 3.02. The lowest BCUT2D eigenvalue weighted by Crippen LogP contribution is -2.13. The third-order valence-corrected chi connectivity index (χ3v) is 3.66. The van der Waals surface area contributed by atoms with Gasteiger partial charge in [0, 0.05) is 5.56 Å². The maximum atomic E-state index is 11.0. The summed E-state index contributed by atoms with van der Waals surface area (Å²) in [5.74, 6) is 1.25. The molecule has 2 aromatic carbocycles.